The molecule has 1 unspecified atom stereocenters. The van der Waals surface area contributed by atoms with Crippen LogP contribution < -0.4 is 10.2 Å². The summed E-state index contributed by atoms with van der Waals surface area (Å²) < 4.78 is 32.2. The van der Waals surface area contributed by atoms with E-state index in [0.29, 0.717) is 26.0 Å². The van der Waals surface area contributed by atoms with Gasteiger partial charge in [0, 0.05) is 25.1 Å². The van der Waals surface area contributed by atoms with Gasteiger partial charge in [-0.05, 0) is 85.0 Å². The minimum Gasteiger partial charge on any atom is -0.459 e. The van der Waals surface area contributed by atoms with Gasteiger partial charge in [-0.3, -0.25) is 9.59 Å². The number of nitrogens with zero attached hydrogens (tertiary/aromatic N) is 2. The lowest BCUT2D eigenvalue weighted by atomic mass is 9.71. The smallest absolute Gasteiger partial charge is 0.316 e. The molecule has 1 aromatic rings. The molecule has 48 heavy (non-hydrogen) atoms. The van der Waals surface area contributed by atoms with Gasteiger partial charge in [-0.1, -0.05) is 39.8 Å². The Labute approximate surface area is 286 Å². The topological polar surface area (TPSA) is 119 Å². The van der Waals surface area contributed by atoms with Gasteiger partial charge in [0.1, 0.15) is 30.5 Å². The second kappa shape index (κ2) is 14.2. The lowest BCUT2D eigenvalue weighted by molar-refractivity contribution is -0.295. The van der Waals surface area contributed by atoms with Crippen molar-refractivity contribution < 1.29 is 38.4 Å². The highest BCUT2D eigenvalue weighted by atomic mass is 16.7. The Bertz CT molecular complexity index is 1310. The Morgan fingerprint density at radius 3 is 2.44 bits per heavy atom. The van der Waals surface area contributed by atoms with Gasteiger partial charge in [0.05, 0.1) is 35.2 Å². The number of rotatable bonds is 5. The van der Waals surface area contributed by atoms with Gasteiger partial charge in [0.15, 0.2) is 12.1 Å². The summed E-state index contributed by atoms with van der Waals surface area (Å²) in [4.78, 5) is 32.4. The molecular weight excluding hydrogens is 614 g/mol. The summed E-state index contributed by atoms with van der Waals surface area (Å²) in [6.07, 6.45) is -1.87. The number of ketones is 1. The number of carbonyl (C=O) groups is 2. The van der Waals surface area contributed by atoms with E-state index in [1.807, 2.05) is 58.8 Å². The first-order valence-corrected chi connectivity index (χ1v) is 17.8. The SMILES string of the molecule is CC[C@H]1OC(=O)[C@H](C)C(=O)[C@H](C)[C@@H](O[C@@H]2O[C@H](C)C[C@H](N(C)C)[C@H]2O)[C@@](C)(OC)C[C@@H](C)C2Nc3ccccc3N3CO[C@@]1(C)[C@H]3[C@@H]2C. The van der Waals surface area contributed by atoms with Crippen LogP contribution in [0.2, 0.25) is 0 Å². The van der Waals surface area contributed by atoms with E-state index in [-0.39, 0.29) is 41.8 Å². The molecule has 0 amide bonds. The van der Waals surface area contributed by atoms with E-state index < -0.39 is 53.6 Å². The number of fused-ring (bicyclic) bond motifs is 3. The van der Waals surface area contributed by atoms with Crippen molar-refractivity contribution in [1.82, 2.24) is 4.90 Å². The highest BCUT2D eigenvalue weighted by molar-refractivity contribution is 6.00. The first kappa shape index (κ1) is 37.0. The molecule has 14 atom stereocenters. The Morgan fingerprint density at radius 2 is 1.79 bits per heavy atom. The van der Waals surface area contributed by atoms with Crippen LogP contribution in [-0.2, 0) is 33.3 Å². The maximum atomic E-state index is 14.3. The number of ether oxygens (including phenoxy) is 5. The van der Waals surface area contributed by atoms with Crippen LogP contribution >= 0.6 is 0 Å². The van der Waals surface area contributed by atoms with Gasteiger partial charge < -0.3 is 43.9 Å². The van der Waals surface area contributed by atoms with Crippen LogP contribution in [0.25, 0.3) is 0 Å². The van der Waals surface area contributed by atoms with E-state index in [4.69, 9.17) is 23.7 Å². The van der Waals surface area contributed by atoms with Crippen molar-refractivity contribution in [1.29, 1.82) is 0 Å². The second-order valence-electron chi connectivity index (χ2n) is 15.5. The molecule has 0 aromatic heterocycles. The molecule has 0 spiro atoms. The van der Waals surface area contributed by atoms with Gasteiger partial charge >= 0.3 is 5.97 Å². The van der Waals surface area contributed by atoms with E-state index in [1.54, 1.807) is 21.0 Å². The van der Waals surface area contributed by atoms with Crippen molar-refractivity contribution in [3.8, 4) is 0 Å². The maximum absolute atomic E-state index is 14.3. The van der Waals surface area contributed by atoms with Crippen LogP contribution in [0.5, 0.6) is 0 Å². The molecule has 0 radical (unpaired) electrons. The summed E-state index contributed by atoms with van der Waals surface area (Å²) in [5.41, 5.74) is 0.217. The highest BCUT2D eigenvalue weighted by Crippen LogP contribution is 2.48. The monoisotopic (exact) mass is 673 g/mol. The molecule has 4 aliphatic rings. The van der Waals surface area contributed by atoms with Gasteiger partial charge in [0.2, 0.25) is 0 Å². The largest absolute Gasteiger partial charge is 0.459 e. The normalized spacial score (nSPS) is 44.0. The summed E-state index contributed by atoms with van der Waals surface area (Å²) in [6, 6.07) is 7.88. The average Bonchev–Trinajstić information content (AvgIpc) is 3.34. The number of likely N-dealkylation sites (N-methyl/N-ethyl adjacent to an activating group) is 1. The number of aliphatic hydroxyl groups is 1. The Hall–Kier alpha value is -2.28. The first-order valence-electron chi connectivity index (χ1n) is 17.8. The van der Waals surface area contributed by atoms with E-state index in [9.17, 15) is 14.7 Å². The predicted octanol–water partition coefficient (Wildman–Crippen LogP) is 4.46. The van der Waals surface area contributed by atoms with E-state index in [1.165, 1.54) is 0 Å². The van der Waals surface area contributed by atoms with E-state index in [2.05, 4.69) is 36.2 Å². The first-order chi connectivity index (χ1) is 22.6. The third kappa shape index (κ3) is 6.51. The zero-order valence-electron chi connectivity index (χ0n) is 30.8. The Morgan fingerprint density at radius 1 is 1.10 bits per heavy atom. The van der Waals surface area contributed by atoms with Crippen LogP contribution in [0.4, 0.5) is 11.4 Å². The molecule has 270 valence electrons. The molecule has 1 aromatic carbocycles. The molecule has 4 aliphatic heterocycles. The van der Waals surface area contributed by atoms with Crippen molar-refractivity contribution in [2.75, 3.05) is 38.2 Å². The Balaban J connectivity index is 1.61. The predicted molar refractivity (Wildman–Crippen MR) is 184 cm³/mol. The molecule has 2 N–H and O–H groups in total. The second-order valence-corrected chi connectivity index (χ2v) is 15.5. The molecule has 11 nitrogen and oxygen atoms in total. The fourth-order valence-electron chi connectivity index (χ4n) is 9.19. The Kier molecular flexibility index (Phi) is 10.9. The molecule has 11 heteroatoms. The zero-order chi connectivity index (χ0) is 35.3. The minimum absolute atomic E-state index is 0.0184. The minimum atomic E-state index is -1.06. The quantitative estimate of drug-likeness (QED) is 0.341. The molecule has 2 bridgehead atoms. The zero-order valence-corrected chi connectivity index (χ0v) is 30.8. The van der Waals surface area contributed by atoms with Gasteiger partial charge in [-0.15, -0.1) is 0 Å². The standard InChI is InChI=1S/C37H59N3O8/c1-12-28-37(8)32-22(4)29(38-25-15-13-14-16-26(25)40(32)19-45-37)20(2)18-36(7,44-11)33(23(5)30(41)24(6)34(43)47-28)48-35-31(42)27(39(9)10)17-21(3)46-35/h13-16,20-24,27-29,31-33,35,38,42H,12,17-19H2,1-11H3/t20-,21-,22-,23+,24-,27+,28-,29?,31-,32-,33-,35+,36+,37-/m1/s1. The maximum Gasteiger partial charge on any atom is 0.316 e. The fourth-order valence-corrected chi connectivity index (χ4v) is 9.19. The molecule has 5 rings (SSSR count). The third-order valence-corrected chi connectivity index (χ3v) is 12.0. The lowest BCUT2D eigenvalue weighted by Crippen LogP contribution is -2.61. The van der Waals surface area contributed by atoms with Crippen molar-refractivity contribution in [2.24, 2.45) is 23.7 Å². The molecule has 3 saturated heterocycles. The van der Waals surface area contributed by atoms with E-state index >= 15 is 0 Å². The van der Waals surface area contributed by atoms with E-state index in [0.717, 1.165) is 11.4 Å². The fraction of sp³-hybridized carbons (Fsp3) is 0.784. The lowest BCUT2D eigenvalue weighted by Gasteiger charge is -2.48. The number of para-hydroxylation sites is 2. The number of Topliss-reactive ketones (excluding diaryl/α,β-unsaturated/α-hetero) is 1. The van der Waals surface area contributed by atoms with Crippen molar-refractivity contribution in [3.63, 3.8) is 0 Å². The van der Waals surface area contributed by atoms with Crippen LogP contribution in [0, 0.1) is 23.7 Å². The number of esters is 1. The van der Waals surface area contributed by atoms with Crippen LogP contribution in [0.3, 0.4) is 0 Å². The number of carbonyl (C=O) groups excluding carboxylic acids is 2. The van der Waals surface area contributed by atoms with Crippen molar-refractivity contribution in [2.45, 2.75) is 135 Å². The van der Waals surface area contributed by atoms with Crippen LogP contribution in [-0.4, -0.2) is 110 Å². The van der Waals surface area contributed by atoms with Gasteiger partial charge in [-0.2, -0.15) is 0 Å². The number of anilines is 2. The average molecular weight is 674 g/mol. The van der Waals surface area contributed by atoms with Crippen molar-refractivity contribution in [3.05, 3.63) is 24.3 Å². The summed E-state index contributed by atoms with van der Waals surface area (Å²) >= 11 is 0. The molecule has 4 heterocycles. The highest BCUT2D eigenvalue weighted by Gasteiger charge is 2.58. The van der Waals surface area contributed by atoms with Gasteiger partial charge in [-0.25, -0.2) is 0 Å². The number of cyclic esters (lactones) is 1. The van der Waals surface area contributed by atoms with Crippen molar-refractivity contribution >= 4 is 23.1 Å². The number of hydrogen-bond donors (Lipinski definition) is 2. The molecular formula is C37H59N3O8. The molecule has 0 saturated carbocycles. The summed E-state index contributed by atoms with van der Waals surface area (Å²) in [5, 5.41) is 15.4. The molecule has 0 aliphatic carbocycles. The number of benzene rings is 1. The van der Waals surface area contributed by atoms with Crippen LogP contribution in [0.15, 0.2) is 24.3 Å². The number of aliphatic hydroxyl groups excluding tert-OH is 1. The van der Waals surface area contributed by atoms with Crippen LogP contribution in [0.1, 0.15) is 74.7 Å². The summed E-state index contributed by atoms with van der Waals surface area (Å²) in [5.74, 6) is -2.69. The number of methoxy groups -OCH3 is 1. The number of nitrogens with one attached hydrogen (secondary N) is 1. The third-order valence-electron chi connectivity index (χ3n) is 12.0. The summed E-state index contributed by atoms with van der Waals surface area (Å²) in [6.45, 7) is 16.2. The van der Waals surface area contributed by atoms with Gasteiger partial charge in [0.25, 0.3) is 0 Å². The summed E-state index contributed by atoms with van der Waals surface area (Å²) in [7, 11) is 5.49. The number of hydrogen-bond acceptors (Lipinski definition) is 11. The molecule has 3 fully saturated rings.